The van der Waals surface area contributed by atoms with E-state index in [1.165, 1.54) is 38.4 Å². The van der Waals surface area contributed by atoms with Gasteiger partial charge in [0.25, 0.3) is 0 Å². The van der Waals surface area contributed by atoms with Gasteiger partial charge in [-0.05, 0) is 49.3 Å². The maximum absolute atomic E-state index is 12.0. The number of nitrogens with one attached hydrogen (secondary N) is 2. The Kier molecular flexibility index (Phi) is 5.16. The molecule has 6 heteroatoms. The van der Waals surface area contributed by atoms with Gasteiger partial charge in [-0.2, -0.15) is 0 Å². The van der Waals surface area contributed by atoms with E-state index in [4.69, 9.17) is 9.47 Å². The topological polar surface area (TPSA) is 62.8 Å². The fourth-order valence-corrected chi connectivity index (χ4v) is 5.08. The molecule has 6 nitrogen and oxygen atoms in total. The Morgan fingerprint density at radius 3 is 2.46 bits per heavy atom. The second-order valence-corrected chi connectivity index (χ2v) is 7.81. The standard InChI is InChI=1S/C20H29N3O3/c1-25-18-7-3-13(4-8-18)14-9-16-5-6-17(10-14)23(16)12-15-11-21-22-19(15)20(24)26-2/h3-4,7-8,14-17,19,21-22H,5-6,9-12H2,1-2H3/t14?,15?,16-,17+,19?. The molecule has 0 aromatic heterocycles. The van der Waals surface area contributed by atoms with Crippen molar-refractivity contribution in [2.75, 3.05) is 27.3 Å². The summed E-state index contributed by atoms with van der Waals surface area (Å²) in [6.45, 7) is 1.78. The van der Waals surface area contributed by atoms with Crippen molar-refractivity contribution in [3.05, 3.63) is 29.8 Å². The van der Waals surface area contributed by atoms with Crippen molar-refractivity contribution in [1.29, 1.82) is 0 Å². The third-order valence-electron chi connectivity index (χ3n) is 6.47. The Morgan fingerprint density at radius 1 is 1.15 bits per heavy atom. The lowest BCUT2D eigenvalue weighted by molar-refractivity contribution is -0.144. The lowest BCUT2D eigenvalue weighted by Gasteiger charge is -2.40. The number of piperidine rings is 1. The first-order chi connectivity index (χ1) is 12.7. The van der Waals surface area contributed by atoms with E-state index in [0.29, 0.717) is 18.0 Å². The van der Waals surface area contributed by atoms with Crippen molar-refractivity contribution in [3.8, 4) is 5.75 Å². The molecule has 142 valence electrons. The number of esters is 1. The highest BCUT2D eigenvalue weighted by Crippen LogP contribution is 2.43. The molecular weight excluding hydrogens is 330 g/mol. The molecule has 3 unspecified atom stereocenters. The zero-order chi connectivity index (χ0) is 18.1. The molecular formula is C20H29N3O3. The molecule has 26 heavy (non-hydrogen) atoms. The zero-order valence-corrected chi connectivity index (χ0v) is 15.6. The highest BCUT2D eigenvalue weighted by molar-refractivity contribution is 5.76. The zero-order valence-electron chi connectivity index (χ0n) is 15.6. The Balaban J connectivity index is 1.41. The Hall–Kier alpha value is -1.63. The number of hydrazine groups is 1. The van der Waals surface area contributed by atoms with Crippen molar-refractivity contribution in [3.63, 3.8) is 0 Å². The van der Waals surface area contributed by atoms with E-state index in [1.807, 2.05) is 0 Å². The summed E-state index contributed by atoms with van der Waals surface area (Å²) >= 11 is 0. The molecule has 1 aromatic carbocycles. The quantitative estimate of drug-likeness (QED) is 0.780. The van der Waals surface area contributed by atoms with Crippen LogP contribution in [-0.2, 0) is 9.53 Å². The van der Waals surface area contributed by atoms with Crippen LogP contribution < -0.4 is 15.6 Å². The second-order valence-electron chi connectivity index (χ2n) is 7.81. The van der Waals surface area contributed by atoms with E-state index < -0.39 is 0 Å². The van der Waals surface area contributed by atoms with Crippen LogP contribution in [0.3, 0.4) is 0 Å². The SMILES string of the molecule is COC(=O)C1NNCC1CN1[C@@H]2CC[C@H]1CC(c1ccc(OC)cc1)C2. The first-order valence-electron chi connectivity index (χ1n) is 9.65. The molecule has 0 spiro atoms. The molecule has 1 aromatic rings. The Bertz CT molecular complexity index is 622. The molecule has 0 aliphatic carbocycles. The van der Waals surface area contributed by atoms with E-state index in [2.05, 4.69) is 40.0 Å². The van der Waals surface area contributed by atoms with E-state index in [-0.39, 0.29) is 17.9 Å². The Labute approximate surface area is 155 Å². The van der Waals surface area contributed by atoms with Crippen molar-refractivity contribution in [1.82, 2.24) is 15.8 Å². The summed E-state index contributed by atoms with van der Waals surface area (Å²) in [5.41, 5.74) is 7.64. The van der Waals surface area contributed by atoms with Crippen LogP contribution in [0.25, 0.3) is 0 Å². The summed E-state index contributed by atoms with van der Waals surface area (Å²) in [7, 11) is 3.17. The smallest absolute Gasteiger partial charge is 0.324 e. The van der Waals surface area contributed by atoms with E-state index >= 15 is 0 Å². The van der Waals surface area contributed by atoms with E-state index in [1.54, 1.807) is 7.11 Å². The summed E-state index contributed by atoms with van der Waals surface area (Å²) in [5.74, 6) is 1.65. The summed E-state index contributed by atoms with van der Waals surface area (Å²) in [5, 5.41) is 0. The van der Waals surface area contributed by atoms with Crippen LogP contribution in [0.15, 0.2) is 24.3 Å². The van der Waals surface area contributed by atoms with Gasteiger partial charge in [0, 0.05) is 31.1 Å². The molecule has 0 saturated carbocycles. The number of methoxy groups -OCH3 is 2. The minimum absolute atomic E-state index is 0.166. The van der Waals surface area contributed by atoms with E-state index in [0.717, 1.165) is 18.8 Å². The summed E-state index contributed by atoms with van der Waals surface area (Å²) in [6.07, 6.45) is 4.96. The van der Waals surface area contributed by atoms with Gasteiger partial charge in [0.2, 0.25) is 0 Å². The number of rotatable bonds is 5. The van der Waals surface area contributed by atoms with Gasteiger partial charge in [-0.25, -0.2) is 5.43 Å². The van der Waals surface area contributed by atoms with Gasteiger partial charge in [-0.3, -0.25) is 15.1 Å². The fourth-order valence-electron chi connectivity index (χ4n) is 5.08. The van der Waals surface area contributed by atoms with Crippen LogP contribution in [0.5, 0.6) is 5.75 Å². The largest absolute Gasteiger partial charge is 0.497 e. The molecule has 2 bridgehead atoms. The predicted molar refractivity (Wildman–Crippen MR) is 98.9 cm³/mol. The van der Waals surface area contributed by atoms with Crippen molar-refractivity contribution in [2.24, 2.45) is 5.92 Å². The van der Waals surface area contributed by atoms with Gasteiger partial charge in [0.05, 0.1) is 14.2 Å². The van der Waals surface area contributed by atoms with Crippen molar-refractivity contribution >= 4 is 5.97 Å². The van der Waals surface area contributed by atoms with Gasteiger partial charge in [-0.15, -0.1) is 0 Å². The van der Waals surface area contributed by atoms with Crippen molar-refractivity contribution in [2.45, 2.75) is 49.7 Å². The van der Waals surface area contributed by atoms with Gasteiger partial charge in [0.1, 0.15) is 11.8 Å². The van der Waals surface area contributed by atoms with Crippen LogP contribution in [-0.4, -0.2) is 56.3 Å². The molecule has 0 amide bonds. The second kappa shape index (κ2) is 7.55. The molecule has 4 rings (SSSR count). The summed E-state index contributed by atoms with van der Waals surface area (Å²) in [6, 6.07) is 9.59. The predicted octanol–water partition coefficient (Wildman–Crippen LogP) is 1.67. The molecule has 3 saturated heterocycles. The number of fused-ring (bicyclic) bond motifs is 2. The minimum Gasteiger partial charge on any atom is -0.497 e. The summed E-state index contributed by atoms with van der Waals surface area (Å²) < 4.78 is 10.2. The van der Waals surface area contributed by atoms with Gasteiger partial charge < -0.3 is 9.47 Å². The molecule has 0 radical (unpaired) electrons. The summed E-state index contributed by atoms with van der Waals surface area (Å²) in [4.78, 5) is 14.6. The molecule has 2 N–H and O–H groups in total. The molecule has 5 atom stereocenters. The monoisotopic (exact) mass is 359 g/mol. The number of ether oxygens (including phenoxy) is 2. The number of hydrogen-bond acceptors (Lipinski definition) is 6. The highest BCUT2D eigenvalue weighted by Gasteiger charge is 2.44. The first-order valence-corrected chi connectivity index (χ1v) is 9.65. The number of carbonyl (C=O) groups is 1. The van der Waals surface area contributed by atoms with Crippen LogP contribution in [0, 0.1) is 5.92 Å². The number of hydrogen-bond donors (Lipinski definition) is 2. The minimum atomic E-state index is -0.237. The fraction of sp³-hybridized carbons (Fsp3) is 0.650. The number of benzene rings is 1. The van der Waals surface area contributed by atoms with Crippen LogP contribution in [0.2, 0.25) is 0 Å². The normalized spacial score (nSPS) is 34.0. The van der Waals surface area contributed by atoms with Gasteiger partial charge >= 0.3 is 5.97 Å². The maximum atomic E-state index is 12.0. The van der Waals surface area contributed by atoms with Crippen LogP contribution in [0.1, 0.15) is 37.2 Å². The average Bonchev–Trinajstić information content (AvgIpc) is 3.22. The maximum Gasteiger partial charge on any atom is 0.324 e. The Morgan fingerprint density at radius 2 is 1.85 bits per heavy atom. The third-order valence-corrected chi connectivity index (χ3v) is 6.47. The highest BCUT2D eigenvalue weighted by atomic mass is 16.5. The lowest BCUT2D eigenvalue weighted by atomic mass is 9.84. The third kappa shape index (κ3) is 3.33. The van der Waals surface area contributed by atoms with Gasteiger partial charge in [0.15, 0.2) is 0 Å². The van der Waals surface area contributed by atoms with Crippen LogP contribution >= 0.6 is 0 Å². The number of nitrogens with zero attached hydrogens (tertiary/aromatic N) is 1. The molecule has 3 fully saturated rings. The van der Waals surface area contributed by atoms with Crippen LogP contribution in [0.4, 0.5) is 0 Å². The number of carbonyl (C=O) groups excluding carboxylic acids is 1. The van der Waals surface area contributed by atoms with Crippen molar-refractivity contribution < 1.29 is 14.3 Å². The average molecular weight is 359 g/mol. The van der Waals surface area contributed by atoms with Gasteiger partial charge in [-0.1, -0.05) is 12.1 Å². The molecule has 3 heterocycles. The molecule has 3 aliphatic heterocycles. The lowest BCUT2D eigenvalue weighted by Crippen LogP contribution is -2.48. The first kappa shape index (κ1) is 17.8. The molecule has 3 aliphatic rings. The van der Waals surface area contributed by atoms with E-state index in [9.17, 15) is 4.79 Å².